The highest BCUT2D eigenvalue weighted by Crippen LogP contribution is 2.08. The molecule has 0 saturated carbocycles. The van der Waals surface area contributed by atoms with Crippen molar-refractivity contribution in [1.82, 2.24) is 0 Å². The summed E-state index contributed by atoms with van der Waals surface area (Å²) in [5.74, 6) is 0.0529. The van der Waals surface area contributed by atoms with Crippen LogP contribution in [0, 0.1) is 0 Å². The standard InChI is InChI=1S/C7H14O4S/c1-6-3-10-4-7(11-6)5-12(2,8)9/h6-7H,3-5H2,1-2H3. The monoisotopic (exact) mass is 194 g/mol. The van der Waals surface area contributed by atoms with E-state index in [0.717, 1.165) is 0 Å². The third-order valence-corrected chi connectivity index (χ3v) is 2.55. The van der Waals surface area contributed by atoms with Gasteiger partial charge in [-0.2, -0.15) is 0 Å². The van der Waals surface area contributed by atoms with E-state index in [-0.39, 0.29) is 18.0 Å². The van der Waals surface area contributed by atoms with Crippen LogP contribution < -0.4 is 0 Å². The molecule has 0 aromatic carbocycles. The first kappa shape index (κ1) is 9.95. The molecule has 0 aromatic heterocycles. The third kappa shape index (κ3) is 3.51. The Morgan fingerprint density at radius 2 is 2.08 bits per heavy atom. The van der Waals surface area contributed by atoms with Gasteiger partial charge in [0.15, 0.2) is 0 Å². The van der Waals surface area contributed by atoms with Gasteiger partial charge in [-0.1, -0.05) is 0 Å². The van der Waals surface area contributed by atoms with Gasteiger partial charge in [0.1, 0.15) is 9.84 Å². The van der Waals surface area contributed by atoms with E-state index in [1.165, 1.54) is 6.26 Å². The molecule has 1 aliphatic heterocycles. The molecule has 1 heterocycles. The minimum absolute atomic E-state index is 0.00509. The quantitative estimate of drug-likeness (QED) is 0.612. The molecule has 2 atom stereocenters. The highest BCUT2D eigenvalue weighted by Gasteiger charge is 2.23. The van der Waals surface area contributed by atoms with Crippen molar-refractivity contribution in [3.05, 3.63) is 0 Å². The van der Waals surface area contributed by atoms with Crippen LogP contribution in [0.15, 0.2) is 0 Å². The van der Waals surface area contributed by atoms with Crippen LogP contribution in [0.25, 0.3) is 0 Å². The van der Waals surface area contributed by atoms with Crippen molar-refractivity contribution < 1.29 is 17.9 Å². The van der Waals surface area contributed by atoms with Gasteiger partial charge in [0, 0.05) is 6.26 Å². The molecule has 1 fully saturated rings. The van der Waals surface area contributed by atoms with Crippen LogP contribution in [-0.4, -0.2) is 45.8 Å². The topological polar surface area (TPSA) is 52.6 Å². The molecule has 1 saturated heterocycles. The predicted octanol–water partition coefficient (Wildman–Crippen LogP) is -0.165. The molecule has 0 amide bonds. The highest BCUT2D eigenvalue weighted by molar-refractivity contribution is 7.90. The van der Waals surface area contributed by atoms with Crippen molar-refractivity contribution >= 4 is 9.84 Å². The van der Waals surface area contributed by atoms with Crippen LogP contribution in [0.3, 0.4) is 0 Å². The van der Waals surface area contributed by atoms with E-state index in [1.54, 1.807) is 0 Å². The van der Waals surface area contributed by atoms with Crippen molar-refractivity contribution in [2.75, 3.05) is 25.2 Å². The maximum absolute atomic E-state index is 10.9. The van der Waals surface area contributed by atoms with Gasteiger partial charge in [-0.15, -0.1) is 0 Å². The average molecular weight is 194 g/mol. The van der Waals surface area contributed by atoms with Gasteiger partial charge in [0.2, 0.25) is 0 Å². The molecule has 1 rings (SSSR count). The van der Waals surface area contributed by atoms with E-state index in [2.05, 4.69) is 0 Å². The second-order valence-electron chi connectivity index (χ2n) is 3.20. The number of hydrogen-bond donors (Lipinski definition) is 0. The van der Waals surface area contributed by atoms with Gasteiger partial charge < -0.3 is 9.47 Å². The first-order valence-corrected chi connectivity index (χ1v) is 5.94. The number of sulfone groups is 1. The fourth-order valence-electron chi connectivity index (χ4n) is 1.20. The second-order valence-corrected chi connectivity index (χ2v) is 5.38. The summed E-state index contributed by atoms with van der Waals surface area (Å²) in [5, 5.41) is 0. The maximum Gasteiger partial charge on any atom is 0.150 e. The summed E-state index contributed by atoms with van der Waals surface area (Å²) in [6.07, 6.45) is 0.921. The molecule has 2 unspecified atom stereocenters. The number of rotatable bonds is 2. The number of ether oxygens (including phenoxy) is 2. The Bertz CT molecular complexity index is 234. The average Bonchev–Trinajstić information content (AvgIpc) is 1.82. The summed E-state index contributed by atoms with van der Waals surface area (Å²) in [7, 11) is -2.95. The summed E-state index contributed by atoms with van der Waals surface area (Å²) in [6, 6.07) is 0. The molecule has 72 valence electrons. The smallest absolute Gasteiger partial charge is 0.150 e. The third-order valence-electron chi connectivity index (χ3n) is 1.57. The first-order valence-electron chi connectivity index (χ1n) is 3.88. The lowest BCUT2D eigenvalue weighted by Crippen LogP contribution is -2.38. The van der Waals surface area contributed by atoms with Gasteiger partial charge in [-0.3, -0.25) is 0 Å². The molecule has 0 aromatic rings. The summed E-state index contributed by atoms with van der Waals surface area (Å²) in [6.45, 7) is 2.81. The van der Waals surface area contributed by atoms with E-state index < -0.39 is 9.84 Å². The van der Waals surface area contributed by atoms with Crippen LogP contribution >= 0.6 is 0 Å². The Morgan fingerprint density at radius 3 is 2.58 bits per heavy atom. The zero-order chi connectivity index (χ0) is 9.19. The lowest BCUT2D eigenvalue weighted by molar-refractivity contribution is -0.121. The SMILES string of the molecule is CC1COCC(CS(C)(=O)=O)O1. The van der Waals surface area contributed by atoms with Crippen molar-refractivity contribution in [2.45, 2.75) is 19.1 Å². The Labute approximate surface area is 72.8 Å². The molecule has 0 aliphatic carbocycles. The maximum atomic E-state index is 10.9. The van der Waals surface area contributed by atoms with Crippen LogP contribution in [-0.2, 0) is 19.3 Å². The van der Waals surface area contributed by atoms with Crippen LogP contribution in [0.4, 0.5) is 0 Å². The molecule has 5 heteroatoms. The van der Waals surface area contributed by atoms with E-state index >= 15 is 0 Å². The lowest BCUT2D eigenvalue weighted by atomic mass is 10.3. The Balaban J connectivity index is 2.43. The van der Waals surface area contributed by atoms with E-state index in [4.69, 9.17) is 9.47 Å². The minimum atomic E-state index is -2.95. The molecule has 4 nitrogen and oxygen atoms in total. The first-order chi connectivity index (χ1) is 5.47. The molecule has 0 radical (unpaired) electrons. The van der Waals surface area contributed by atoms with Crippen LogP contribution in [0.1, 0.15) is 6.92 Å². The fourth-order valence-corrected chi connectivity index (χ4v) is 2.05. The molecule has 0 spiro atoms. The second kappa shape index (κ2) is 3.72. The summed E-state index contributed by atoms with van der Waals surface area (Å²) < 4.78 is 32.3. The summed E-state index contributed by atoms with van der Waals surface area (Å²) in [4.78, 5) is 0. The predicted molar refractivity (Wildman–Crippen MR) is 44.9 cm³/mol. The van der Waals surface area contributed by atoms with E-state index in [1.807, 2.05) is 6.92 Å². The van der Waals surface area contributed by atoms with Gasteiger partial charge in [-0.25, -0.2) is 8.42 Å². The van der Waals surface area contributed by atoms with Crippen molar-refractivity contribution in [3.8, 4) is 0 Å². The van der Waals surface area contributed by atoms with Gasteiger partial charge >= 0.3 is 0 Å². The Kier molecular flexibility index (Phi) is 3.09. The summed E-state index contributed by atoms with van der Waals surface area (Å²) in [5.41, 5.74) is 0. The van der Waals surface area contributed by atoms with Gasteiger partial charge in [0.05, 0.1) is 31.2 Å². The minimum Gasteiger partial charge on any atom is -0.376 e. The lowest BCUT2D eigenvalue weighted by Gasteiger charge is -2.27. The Hall–Kier alpha value is -0.130. The van der Waals surface area contributed by atoms with Crippen LogP contribution in [0.2, 0.25) is 0 Å². The van der Waals surface area contributed by atoms with Crippen molar-refractivity contribution in [3.63, 3.8) is 0 Å². The normalized spacial score (nSPS) is 31.8. The molecular formula is C7H14O4S. The number of hydrogen-bond acceptors (Lipinski definition) is 4. The molecule has 0 N–H and O–H groups in total. The highest BCUT2D eigenvalue weighted by atomic mass is 32.2. The van der Waals surface area contributed by atoms with Crippen molar-refractivity contribution in [1.29, 1.82) is 0 Å². The molecule has 1 aliphatic rings. The van der Waals surface area contributed by atoms with Gasteiger partial charge in [0.25, 0.3) is 0 Å². The van der Waals surface area contributed by atoms with Gasteiger partial charge in [-0.05, 0) is 6.92 Å². The molecule has 0 bridgehead atoms. The van der Waals surface area contributed by atoms with Crippen LogP contribution in [0.5, 0.6) is 0 Å². The zero-order valence-corrected chi connectivity index (χ0v) is 8.13. The van der Waals surface area contributed by atoms with E-state index in [0.29, 0.717) is 13.2 Å². The van der Waals surface area contributed by atoms with Crippen molar-refractivity contribution in [2.24, 2.45) is 0 Å². The zero-order valence-electron chi connectivity index (χ0n) is 7.32. The largest absolute Gasteiger partial charge is 0.376 e. The fraction of sp³-hybridized carbons (Fsp3) is 1.00. The summed E-state index contributed by atoms with van der Waals surface area (Å²) >= 11 is 0. The molecular weight excluding hydrogens is 180 g/mol. The Morgan fingerprint density at radius 1 is 1.42 bits per heavy atom. The van der Waals surface area contributed by atoms with E-state index in [9.17, 15) is 8.42 Å². The molecule has 12 heavy (non-hydrogen) atoms.